The molecule has 2 aliphatic heterocycles. The third-order valence-electron chi connectivity index (χ3n) is 6.47. The fourth-order valence-electron chi connectivity index (χ4n) is 4.65. The van der Waals surface area contributed by atoms with Gasteiger partial charge in [-0.05, 0) is 70.3 Å². The quantitative estimate of drug-likeness (QED) is 0.693. The van der Waals surface area contributed by atoms with Gasteiger partial charge in [-0.15, -0.1) is 23.7 Å². The van der Waals surface area contributed by atoms with E-state index in [1.165, 1.54) is 30.6 Å². The molecule has 31 heavy (non-hydrogen) atoms. The van der Waals surface area contributed by atoms with Gasteiger partial charge >= 0.3 is 0 Å². The van der Waals surface area contributed by atoms with Crippen molar-refractivity contribution in [1.29, 1.82) is 0 Å². The standard InChI is InChI=1S/C22H31N3O3S2.ClH/c1-3-17-15-19(16(2)23-22(17)26)20-7-8-21(29-20)30(27,28)25-13-9-18(10-14-25)24-11-5-4-6-12-24;/h7-8,15,18H,3-6,9-14H2,1-2H3,(H,23,26);1H. The van der Waals surface area contributed by atoms with Gasteiger partial charge in [0.1, 0.15) is 4.21 Å². The summed E-state index contributed by atoms with van der Waals surface area (Å²) in [6.45, 7) is 7.30. The summed E-state index contributed by atoms with van der Waals surface area (Å²) in [4.78, 5) is 18.3. The van der Waals surface area contributed by atoms with E-state index in [-0.39, 0.29) is 18.0 Å². The normalized spacial score (nSPS) is 19.3. The van der Waals surface area contributed by atoms with Crippen LogP contribution < -0.4 is 5.56 Å². The molecule has 0 radical (unpaired) electrons. The van der Waals surface area contributed by atoms with Crippen LogP contribution in [0.1, 0.15) is 50.3 Å². The Labute approximate surface area is 195 Å². The van der Waals surface area contributed by atoms with Crippen LogP contribution in [0.3, 0.4) is 0 Å². The number of aromatic amines is 1. The van der Waals surface area contributed by atoms with E-state index in [1.807, 2.05) is 26.0 Å². The molecule has 0 unspecified atom stereocenters. The topological polar surface area (TPSA) is 73.5 Å². The second-order valence-electron chi connectivity index (χ2n) is 8.37. The Morgan fingerprint density at radius 3 is 2.42 bits per heavy atom. The van der Waals surface area contributed by atoms with Gasteiger partial charge in [-0.25, -0.2) is 8.42 Å². The highest BCUT2D eigenvalue weighted by atomic mass is 35.5. The number of rotatable bonds is 5. The maximum Gasteiger partial charge on any atom is 0.252 e. The van der Waals surface area contributed by atoms with Gasteiger partial charge in [0.2, 0.25) is 0 Å². The number of pyridine rings is 1. The number of aryl methyl sites for hydroxylation is 2. The molecule has 2 saturated heterocycles. The molecule has 2 fully saturated rings. The van der Waals surface area contributed by atoms with Crippen molar-refractivity contribution in [2.24, 2.45) is 0 Å². The molecule has 9 heteroatoms. The van der Waals surface area contributed by atoms with E-state index in [0.29, 0.717) is 35.3 Å². The fourth-order valence-corrected chi connectivity index (χ4v) is 7.65. The Morgan fingerprint density at radius 2 is 1.77 bits per heavy atom. The summed E-state index contributed by atoms with van der Waals surface area (Å²) in [5.41, 5.74) is 2.32. The largest absolute Gasteiger partial charge is 0.326 e. The molecule has 2 aromatic rings. The summed E-state index contributed by atoms with van der Waals surface area (Å²) >= 11 is 1.29. The molecule has 0 atom stereocenters. The molecule has 4 rings (SSSR count). The van der Waals surface area contributed by atoms with Crippen LogP contribution in [0, 0.1) is 6.92 Å². The monoisotopic (exact) mass is 485 g/mol. The first-order valence-corrected chi connectivity index (χ1v) is 13.2. The van der Waals surface area contributed by atoms with Gasteiger partial charge in [0.25, 0.3) is 15.6 Å². The van der Waals surface area contributed by atoms with Crippen LogP contribution in [-0.4, -0.2) is 54.8 Å². The first-order valence-electron chi connectivity index (χ1n) is 11.0. The summed E-state index contributed by atoms with van der Waals surface area (Å²) in [7, 11) is -3.48. The molecule has 4 heterocycles. The van der Waals surface area contributed by atoms with Crippen LogP contribution in [0.5, 0.6) is 0 Å². The van der Waals surface area contributed by atoms with Crippen molar-refractivity contribution in [2.45, 2.75) is 62.6 Å². The number of aromatic nitrogens is 1. The first-order chi connectivity index (χ1) is 14.4. The number of nitrogens with zero attached hydrogens (tertiary/aromatic N) is 2. The molecule has 0 aromatic carbocycles. The van der Waals surface area contributed by atoms with Crippen molar-refractivity contribution in [1.82, 2.24) is 14.2 Å². The van der Waals surface area contributed by atoms with E-state index >= 15 is 0 Å². The Kier molecular flexibility index (Phi) is 8.02. The van der Waals surface area contributed by atoms with Crippen LogP contribution in [-0.2, 0) is 16.4 Å². The maximum atomic E-state index is 13.2. The second-order valence-corrected chi connectivity index (χ2v) is 11.6. The average Bonchev–Trinajstić information content (AvgIpc) is 3.25. The Morgan fingerprint density at radius 1 is 1.10 bits per heavy atom. The molecule has 2 aliphatic rings. The summed E-state index contributed by atoms with van der Waals surface area (Å²) in [6, 6.07) is 5.98. The van der Waals surface area contributed by atoms with E-state index in [2.05, 4.69) is 9.88 Å². The fraction of sp³-hybridized carbons (Fsp3) is 0.591. The van der Waals surface area contributed by atoms with Crippen LogP contribution in [0.2, 0.25) is 0 Å². The first kappa shape index (κ1) is 24.5. The molecular formula is C22H32ClN3O3S2. The van der Waals surface area contributed by atoms with Crippen LogP contribution in [0.4, 0.5) is 0 Å². The summed E-state index contributed by atoms with van der Waals surface area (Å²) < 4.78 is 28.5. The second kappa shape index (κ2) is 10.2. The minimum atomic E-state index is -3.48. The summed E-state index contributed by atoms with van der Waals surface area (Å²) in [6.07, 6.45) is 6.32. The number of piperidine rings is 2. The molecule has 0 aliphatic carbocycles. The zero-order chi connectivity index (χ0) is 21.3. The van der Waals surface area contributed by atoms with Gasteiger partial charge in [0.05, 0.1) is 0 Å². The van der Waals surface area contributed by atoms with Gasteiger partial charge in [-0.1, -0.05) is 13.3 Å². The maximum absolute atomic E-state index is 13.2. The molecule has 1 N–H and O–H groups in total. The van der Waals surface area contributed by atoms with Crippen molar-refractivity contribution in [3.05, 3.63) is 39.8 Å². The van der Waals surface area contributed by atoms with E-state index < -0.39 is 10.0 Å². The number of halogens is 1. The number of hydrogen-bond donors (Lipinski definition) is 1. The van der Waals surface area contributed by atoms with Crippen molar-refractivity contribution in [3.63, 3.8) is 0 Å². The lowest BCUT2D eigenvalue weighted by Crippen LogP contribution is -2.48. The molecule has 2 aromatic heterocycles. The molecule has 0 spiro atoms. The van der Waals surface area contributed by atoms with Gasteiger partial charge < -0.3 is 9.88 Å². The van der Waals surface area contributed by atoms with Gasteiger partial charge in [0, 0.05) is 40.8 Å². The lowest BCUT2D eigenvalue weighted by Gasteiger charge is -2.39. The van der Waals surface area contributed by atoms with Gasteiger partial charge in [-0.2, -0.15) is 4.31 Å². The number of thiophene rings is 1. The highest BCUT2D eigenvalue weighted by molar-refractivity contribution is 7.91. The third-order valence-corrected chi connectivity index (χ3v) is 9.95. The van der Waals surface area contributed by atoms with Gasteiger partial charge in [-0.3, -0.25) is 4.79 Å². The molecule has 0 saturated carbocycles. The van der Waals surface area contributed by atoms with Crippen molar-refractivity contribution in [3.8, 4) is 10.4 Å². The van der Waals surface area contributed by atoms with Crippen LogP contribution in [0.15, 0.2) is 27.2 Å². The zero-order valence-electron chi connectivity index (χ0n) is 18.2. The predicted molar refractivity (Wildman–Crippen MR) is 129 cm³/mol. The van der Waals surface area contributed by atoms with E-state index in [1.54, 1.807) is 10.4 Å². The van der Waals surface area contributed by atoms with Crippen molar-refractivity contribution in [2.75, 3.05) is 26.2 Å². The minimum absolute atomic E-state index is 0. The lowest BCUT2D eigenvalue weighted by atomic mass is 10.0. The zero-order valence-corrected chi connectivity index (χ0v) is 20.7. The molecule has 0 bridgehead atoms. The van der Waals surface area contributed by atoms with Crippen molar-refractivity contribution < 1.29 is 8.42 Å². The summed E-state index contributed by atoms with van der Waals surface area (Å²) in [5.74, 6) is 0. The Balaban J connectivity index is 0.00000272. The van der Waals surface area contributed by atoms with Crippen LogP contribution >= 0.6 is 23.7 Å². The number of likely N-dealkylation sites (tertiary alicyclic amines) is 1. The van der Waals surface area contributed by atoms with E-state index in [0.717, 1.165) is 42.1 Å². The van der Waals surface area contributed by atoms with E-state index in [4.69, 9.17) is 0 Å². The summed E-state index contributed by atoms with van der Waals surface area (Å²) in [5, 5.41) is 0. The Hall–Kier alpha value is -1.19. The molecule has 0 amide bonds. The SMILES string of the molecule is CCc1cc(-c2ccc(S(=O)(=O)N3CCC(N4CCCCC4)CC3)s2)c(C)[nH]c1=O.Cl. The number of hydrogen-bond acceptors (Lipinski definition) is 5. The van der Waals surface area contributed by atoms with Crippen molar-refractivity contribution >= 4 is 33.8 Å². The Bertz CT molecular complexity index is 1050. The van der Waals surface area contributed by atoms with E-state index in [9.17, 15) is 13.2 Å². The number of nitrogens with one attached hydrogen (secondary N) is 1. The smallest absolute Gasteiger partial charge is 0.252 e. The molecule has 172 valence electrons. The number of H-pyrrole nitrogens is 1. The van der Waals surface area contributed by atoms with Gasteiger partial charge in [0.15, 0.2) is 0 Å². The highest BCUT2D eigenvalue weighted by Gasteiger charge is 2.33. The average molecular weight is 486 g/mol. The molecule has 6 nitrogen and oxygen atoms in total. The highest BCUT2D eigenvalue weighted by Crippen LogP contribution is 2.34. The minimum Gasteiger partial charge on any atom is -0.326 e. The predicted octanol–water partition coefficient (Wildman–Crippen LogP) is 4.04. The third kappa shape index (κ3) is 5.09. The molecular weight excluding hydrogens is 454 g/mol. The number of sulfonamides is 1. The lowest BCUT2D eigenvalue weighted by molar-refractivity contribution is 0.118. The van der Waals surface area contributed by atoms with Crippen LogP contribution in [0.25, 0.3) is 10.4 Å².